The number of nitrogens with one attached hydrogen (secondary N) is 1. The summed E-state index contributed by atoms with van der Waals surface area (Å²) in [6, 6.07) is 4.60. The summed E-state index contributed by atoms with van der Waals surface area (Å²) in [5, 5.41) is 2.68. The monoisotopic (exact) mass is 287 g/mol. The van der Waals surface area contributed by atoms with E-state index in [0.29, 0.717) is 6.54 Å². The van der Waals surface area contributed by atoms with E-state index in [4.69, 9.17) is 0 Å². The molecule has 2 nitrogen and oxygen atoms in total. The Morgan fingerprint density at radius 3 is 2.81 bits per heavy atom. The van der Waals surface area contributed by atoms with Crippen LogP contribution in [-0.4, -0.2) is 17.3 Å². The van der Waals surface area contributed by atoms with E-state index >= 15 is 0 Å². The van der Waals surface area contributed by atoms with Crippen LogP contribution in [0.25, 0.3) is 0 Å². The number of hydrogen-bond donors (Lipinski definition) is 1. The van der Waals surface area contributed by atoms with Gasteiger partial charge in [0, 0.05) is 11.4 Å². The maximum absolute atomic E-state index is 13.4. The predicted molar refractivity (Wildman–Crippen MR) is 66.5 cm³/mol. The lowest BCUT2D eigenvalue weighted by Crippen LogP contribution is -2.29. The molecule has 0 fully saturated rings. The van der Waals surface area contributed by atoms with E-state index in [1.165, 1.54) is 12.1 Å². The Morgan fingerprint density at radius 1 is 1.56 bits per heavy atom. The van der Waals surface area contributed by atoms with E-state index in [-0.39, 0.29) is 16.3 Å². The highest BCUT2D eigenvalue weighted by Gasteiger charge is 2.12. The number of aryl methyl sites for hydroxylation is 1. The first-order chi connectivity index (χ1) is 7.54. The predicted octanol–water partition coefficient (Wildman–Crippen LogP) is 3.04. The molecule has 88 valence electrons. The van der Waals surface area contributed by atoms with Gasteiger partial charge in [0.25, 0.3) is 5.91 Å². The van der Waals surface area contributed by atoms with Gasteiger partial charge < -0.3 is 5.32 Å². The van der Waals surface area contributed by atoms with Crippen LogP contribution in [0.1, 0.15) is 29.3 Å². The number of alkyl halides is 1. The van der Waals surface area contributed by atoms with Crippen LogP contribution in [0.2, 0.25) is 0 Å². The molecule has 1 amide bonds. The molecule has 0 aliphatic carbocycles. The molecule has 0 radical (unpaired) electrons. The van der Waals surface area contributed by atoms with Gasteiger partial charge >= 0.3 is 0 Å². The summed E-state index contributed by atoms with van der Waals surface area (Å²) in [7, 11) is 0. The molecule has 0 aromatic heterocycles. The zero-order valence-corrected chi connectivity index (χ0v) is 11.0. The number of carbonyl (C=O) groups excluding carboxylic acids is 1. The van der Waals surface area contributed by atoms with Crippen molar-refractivity contribution in [2.75, 3.05) is 6.54 Å². The lowest BCUT2D eigenvalue weighted by molar-refractivity contribution is 0.0950. The number of hydrogen-bond acceptors (Lipinski definition) is 1. The molecular formula is C12H15BrFNO. The van der Waals surface area contributed by atoms with Crippen LogP contribution in [0.5, 0.6) is 0 Å². The number of amides is 1. The summed E-state index contributed by atoms with van der Waals surface area (Å²) in [6.07, 6.45) is 0.913. The average Bonchev–Trinajstić information content (AvgIpc) is 2.25. The van der Waals surface area contributed by atoms with Crippen LogP contribution in [0.4, 0.5) is 4.39 Å². The SMILES string of the molecule is CCC(Br)CNC(=O)c1ccc(C)cc1F. The highest BCUT2D eigenvalue weighted by Crippen LogP contribution is 2.10. The maximum atomic E-state index is 13.4. The van der Waals surface area contributed by atoms with Crippen LogP contribution in [-0.2, 0) is 0 Å². The topological polar surface area (TPSA) is 29.1 Å². The van der Waals surface area contributed by atoms with Gasteiger partial charge in [-0.1, -0.05) is 28.9 Å². The molecule has 1 aromatic rings. The minimum absolute atomic E-state index is 0.0985. The second kappa shape index (κ2) is 5.99. The standard InChI is InChI=1S/C12H15BrFNO/c1-3-9(13)7-15-12(16)10-5-4-8(2)6-11(10)14/h4-6,9H,3,7H2,1-2H3,(H,15,16). The zero-order valence-electron chi connectivity index (χ0n) is 9.39. The minimum atomic E-state index is -0.472. The molecular weight excluding hydrogens is 273 g/mol. The van der Waals surface area contributed by atoms with Crippen molar-refractivity contribution in [2.24, 2.45) is 0 Å². The lowest BCUT2D eigenvalue weighted by Gasteiger charge is -2.09. The van der Waals surface area contributed by atoms with Crippen molar-refractivity contribution in [1.82, 2.24) is 5.32 Å². The largest absolute Gasteiger partial charge is 0.351 e. The third-order valence-electron chi connectivity index (χ3n) is 2.30. The fourth-order valence-corrected chi connectivity index (χ4v) is 1.41. The number of carbonyl (C=O) groups is 1. The minimum Gasteiger partial charge on any atom is -0.351 e. The first-order valence-corrected chi connectivity index (χ1v) is 6.14. The molecule has 1 aromatic carbocycles. The van der Waals surface area contributed by atoms with E-state index < -0.39 is 5.82 Å². The molecule has 1 N–H and O–H groups in total. The van der Waals surface area contributed by atoms with E-state index in [9.17, 15) is 9.18 Å². The Hall–Kier alpha value is -0.900. The summed E-state index contributed by atoms with van der Waals surface area (Å²) < 4.78 is 13.4. The quantitative estimate of drug-likeness (QED) is 0.848. The molecule has 1 rings (SSSR count). The first kappa shape index (κ1) is 13.2. The van der Waals surface area contributed by atoms with Crippen molar-refractivity contribution in [3.05, 3.63) is 35.1 Å². The molecule has 0 saturated heterocycles. The summed E-state index contributed by atoms with van der Waals surface area (Å²) in [5.74, 6) is -0.837. The lowest BCUT2D eigenvalue weighted by atomic mass is 10.1. The van der Waals surface area contributed by atoms with Crippen molar-refractivity contribution in [2.45, 2.75) is 25.1 Å². The average molecular weight is 288 g/mol. The summed E-state index contributed by atoms with van der Waals surface area (Å²) in [5.41, 5.74) is 0.905. The molecule has 0 bridgehead atoms. The second-order valence-electron chi connectivity index (χ2n) is 3.70. The smallest absolute Gasteiger partial charge is 0.254 e. The van der Waals surface area contributed by atoms with Gasteiger partial charge in [0.05, 0.1) is 5.56 Å². The fraction of sp³-hybridized carbons (Fsp3) is 0.417. The van der Waals surface area contributed by atoms with Crippen molar-refractivity contribution < 1.29 is 9.18 Å². The third kappa shape index (κ3) is 3.59. The van der Waals surface area contributed by atoms with Crippen LogP contribution in [0.3, 0.4) is 0 Å². The molecule has 1 unspecified atom stereocenters. The van der Waals surface area contributed by atoms with Crippen LogP contribution >= 0.6 is 15.9 Å². The zero-order chi connectivity index (χ0) is 12.1. The Morgan fingerprint density at radius 2 is 2.25 bits per heavy atom. The third-order valence-corrected chi connectivity index (χ3v) is 3.27. The summed E-state index contributed by atoms with van der Waals surface area (Å²) in [4.78, 5) is 11.9. The molecule has 0 saturated carbocycles. The van der Waals surface area contributed by atoms with E-state index in [1.807, 2.05) is 6.92 Å². The maximum Gasteiger partial charge on any atom is 0.254 e. The van der Waals surface area contributed by atoms with E-state index in [2.05, 4.69) is 21.2 Å². The number of rotatable bonds is 4. The molecule has 0 aliphatic heterocycles. The van der Waals surface area contributed by atoms with Crippen molar-refractivity contribution in [3.8, 4) is 0 Å². The van der Waals surface area contributed by atoms with Gasteiger partial charge in [0.1, 0.15) is 5.82 Å². The Balaban J connectivity index is 2.66. The fourth-order valence-electron chi connectivity index (χ4n) is 1.25. The van der Waals surface area contributed by atoms with Gasteiger partial charge in [-0.05, 0) is 31.0 Å². The molecule has 0 aliphatic rings. The van der Waals surface area contributed by atoms with Gasteiger partial charge in [0.2, 0.25) is 0 Å². The van der Waals surface area contributed by atoms with E-state index in [0.717, 1.165) is 12.0 Å². The number of benzene rings is 1. The highest BCUT2D eigenvalue weighted by molar-refractivity contribution is 9.09. The Bertz CT molecular complexity index is 381. The molecule has 1 atom stereocenters. The molecule has 16 heavy (non-hydrogen) atoms. The molecule has 0 heterocycles. The van der Waals surface area contributed by atoms with Gasteiger partial charge in [-0.2, -0.15) is 0 Å². The normalized spacial score (nSPS) is 12.2. The first-order valence-electron chi connectivity index (χ1n) is 5.23. The summed E-state index contributed by atoms with van der Waals surface area (Å²) >= 11 is 3.40. The van der Waals surface area contributed by atoms with Gasteiger partial charge in [-0.25, -0.2) is 4.39 Å². The van der Waals surface area contributed by atoms with Crippen LogP contribution in [0.15, 0.2) is 18.2 Å². The molecule has 0 spiro atoms. The van der Waals surface area contributed by atoms with Crippen molar-refractivity contribution in [1.29, 1.82) is 0 Å². The number of halogens is 2. The van der Waals surface area contributed by atoms with Crippen molar-refractivity contribution in [3.63, 3.8) is 0 Å². The van der Waals surface area contributed by atoms with E-state index in [1.54, 1.807) is 13.0 Å². The van der Waals surface area contributed by atoms with Gasteiger partial charge in [0.15, 0.2) is 0 Å². The Labute approximate surface area is 103 Å². The highest BCUT2D eigenvalue weighted by atomic mass is 79.9. The van der Waals surface area contributed by atoms with Crippen LogP contribution < -0.4 is 5.32 Å². The summed E-state index contributed by atoms with van der Waals surface area (Å²) in [6.45, 7) is 4.30. The van der Waals surface area contributed by atoms with Gasteiger partial charge in [-0.3, -0.25) is 4.79 Å². The molecule has 4 heteroatoms. The van der Waals surface area contributed by atoms with Crippen molar-refractivity contribution >= 4 is 21.8 Å². The van der Waals surface area contributed by atoms with Gasteiger partial charge in [-0.15, -0.1) is 0 Å². The Kier molecular flexibility index (Phi) is 4.93. The second-order valence-corrected chi connectivity index (χ2v) is 4.99. The van der Waals surface area contributed by atoms with Crippen LogP contribution in [0, 0.1) is 12.7 Å².